The molecule has 2 aliphatic heterocycles. The van der Waals surface area contributed by atoms with Gasteiger partial charge in [0.05, 0.1) is 11.6 Å². The minimum absolute atomic E-state index is 0.0496. The summed E-state index contributed by atoms with van der Waals surface area (Å²) in [5, 5.41) is 11.5. The Morgan fingerprint density at radius 2 is 1.59 bits per heavy atom. The van der Waals surface area contributed by atoms with Crippen molar-refractivity contribution in [3.8, 4) is 11.5 Å². The van der Waals surface area contributed by atoms with E-state index in [1.165, 1.54) is 0 Å². The molecule has 0 saturated carbocycles. The molecule has 1 amide bonds. The number of Topliss-reactive ketones (excluding diaryl/α,β-unsaturated/α-hetero) is 1. The Balaban J connectivity index is 1.34. The van der Waals surface area contributed by atoms with Gasteiger partial charge in [0.15, 0.2) is 0 Å². The van der Waals surface area contributed by atoms with E-state index in [0.717, 1.165) is 34.4 Å². The molecule has 6 nitrogen and oxygen atoms in total. The summed E-state index contributed by atoms with van der Waals surface area (Å²) >= 11 is 0. The standard InChI is InChI=1S/C35H31NO5/c1-23-20-28-21-27(14-17-30(28)41-23)33(37)31-32(36(35(39)34(31)38)19-18-24-8-4-2-5-9-24)26-12-15-29(16-13-26)40-22-25-10-6-3-7-11-25/h2-17,21,23,32,37H,18-20,22H2,1H3/b33-31+/t23-,32+/m0/s1. The summed E-state index contributed by atoms with van der Waals surface area (Å²) in [5.74, 6) is -0.0287. The van der Waals surface area contributed by atoms with Crippen molar-refractivity contribution >= 4 is 17.4 Å². The number of ketones is 1. The third kappa shape index (κ3) is 5.46. The second kappa shape index (κ2) is 11.3. The van der Waals surface area contributed by atoms with Crippen LogP contribution in [0.1, 0.15) is 40.8 Å². The van der Waals surface area contributed by atoms with Gasteiger partial charge < -0.3 is 19.5 Å². The fourth-order valence-corrected chi connectivity index (χ4v) is 5.56. The molecule has 6 heteroatoms. The van der Waals surface area contributed by atoms with E-state index in [1.54, 1.807) is 11.0 Å². The Labute approximate surface area is 239 Å². The predicted molar refractivity (Wildman–Crippen MR) is 157 cm³/mol. The maximum Gasteiger partial charge on any atom is 0.295 e. The lowest BCUT2D eigenvalue weighted by Crippen LogP contribution is -2.31. The third-order valence-corrected chi connectivity index (χ3v) is 7.64. The first-order valence-electron chi connectivity index (χ1n) is 13.9. The molecule has 1 N–H and O–H groups in total. The summed E-state index contributed by atoms with van der Waals surface area (Å²) in [4.78, 5) is 28.4. The summed E-state index contributed by atoms with van der Waals surface area (Å²) in [6.45, 7) is 2.75. The number of hydrogen-bond acceptors (Lipinski definition) is 5. The highest BCUT2D eigenvalue weighted by atomic mass is 16.5. The van der Waals surface area contributed by atoms with Crippen LogP contribution in [0.15, 0.2) is 109 Å². The van der Waals surface area contributed by atoms with Gasteiger partial charge in [0.2, 0.25) is 0 Å². The molecule has 1 fully saturated rings. The van der Waals surface area contributed by atoms with Gasteiger partial charge in [0, 0.05) is 18.5 Å². The maximum atomic E-state index is 13.5. The van der Waals surface area contributed by atoms with E-state index in [0.29, 0.717) is 30.9 Å². The summed E-state index contributed by atoms with van der Waals surface area (Å²) in [6, 6.07) is 31.8. The van der Waals surface area contributed by atoms with E-state index in [4.69, 9.17) is 9.47 Å². The molecule has 206 valence electrons. The molecule has 6 rings (SSSR count). The van der Waals surface area contributed by atoms with Gasteiger partial charge in [-0.15, -0.1) is 0 Å². The molecule has 2 atom stereocenters. The van der Waals surface area contributed by atoms with Gasteiger partial charge >= 0.3 is 0 Å². The maximum absolute atomic E-state index is 13.5. The molecular weight excluding hydrogens is 514 g/mol. The largest absolute Gasteiger partial charge is 0.507 e. The molecule has 0 aliphatic carbocycles. The molecule has 2 heterocycles. The number of aliphatic hydroxyl groups excluding tert-OH is 1. The van der Waals surface area contributed by atoms with Crippen LogP contribution in [0.4, 0.5) is 0 Å². The van der Waals surface area contributed by atoms with E-state index in [9.17, 15) is 14.7 Å². The van der Waals surface area contributed by atoms with Gasteiger partial charge in [-0.1, -0.05) is 72.8 Å². The number of carbonyl (C=O) groups excluding carboxylic acids is 2. The Morgan fingerprint density at radius 1 is 0.902 bits per heavy atom. The monoisotopic (exact) mass is 545 g/mol. The summed E-state index contributed by atoms with van der Waals surface area (Å²) in [6.07, 6.45) is 1.35. The van der Waals surface area contributed by atoms with Crippen molar-refractivity contribution < 1.29 is 24.2 Å². The number of hydrogen-bond donors (Lipinski definition) is 1. The first-order valence-corrected chi connectivity index (χ1v) is 13.9. The highest BCUT2D eigenvalue weighted by Crippen LogP contribution is 2.41. The normalized spacial score (nSPS) is 19.2. The van der Waals surface area contributed by atoms with Crippen LogP contribution in [-0.2, 0) is 29.0 Å². The number of nitrogens with zero attached hydrogens (tertiary/aromatic N) is 1. The SMILES string of the molecule is C[C@H]1Cc2cc(/C(O)=C3\C(=O)C(=O)N(CCc4ccccc4)[C@@H]3c3ccc(OCc4ccccc4)cc3)ccc2O1. The van der Waals surface area contributed by atoms with Crippen LogP contribution >= 0.6 is 0 Å². The van der Waals surface area contributed by atoms with Crippen molar-refractivity contribution in [2.75, 3.05) is 6.54 Å². The van der Waals surface area contributed by atoms with E-state index in [-0.39, 0.29) is 17.4 Å². The third-order valence-electron chi connectivity index (χ3n) is 7.64. The van der Waals surface area contributed by atoms with E-state index in [2.05, 4.69) is 0 Å². The van der Waals surface area contributed by atoms with Crippen molar-refractivity contribution in [1.82, 2.24) is 4.90 Å². The molecule has 1 saturated heterocycles. The van der Waals surface area contributed by atoms with Crippen LogP contribution in [0.5, 0.6) is 11.5 Å². The topological polar surface area (TPSA) is 76.1 Å². The minimum atomic E-state index is -0.731. The number of benzene rings is 4. The zero-order valence-corrected chi connectivity index (χ0v) is 22.8. The highest BCUT2D eigenvalue weighted by Gasteiger charge is 2.46. The molecular formula is C35H31NO5. The summed E-state index contributed by atoms with van der Waals surface area (Å²) in [7, 11) is 0. The molecule has 4 aromatic carbocycles. The van der Waals surface area contributed by atoms with Crippen molar-refractivity contribution in [3.63, 3.8) is 0 Å². The number of carbonyl (C=O) groups is 2. The Morgan fingerprint density at radius 3 is 2.29 bits per heavy atom. The van der Waals surface area contributed by atoms with E-state index >= 15 is 0 Å². The molecule has 0 spiro atoms. The van der Waals surface area contributed by atoms with Crippen LogP contribution < -0.4 is 9.47 Å². The average Bonchev–Trinajstić information content (AvgIpc) is 3.50. The smallest absolute Gasteiger partial charge is 0.295 e. The molecule has 0 unspecified atom stereocenters. The number of likely N-dealkylation sites (tertiary alicyclic amines) is 1. The fourth-order valence-electron chi connectivity index (χ4n) is 5.56. The van der Waals surface area contributed by atoms with E-state index in [1.807, 2.05) is 104 Å². The Kier molecular flexibility index (Phi) is 7.30. The van der Waals surface area contributed by atoms with Crippen LogP contribution in [-0.4, -0.2) is 34.3 Å². The second-order valence-electron chi connectivity index (χ2n) is 10.5. The molecule has 0 bridgehead atoms. The van der Waals surface area contributed by atoms with Crippen molar-refractivity contribution in [2.24, 2.45) is 0 Å². The number of rotatable bonds is 8. The highest BCUT2D eigenvalue weighted by molar-refractivity contribution is 6.46. The fraction of sp³-hybridized carbons (Fsp3) is 0.200. The quantitative estimate of drug-likeness (QED) is 0.161. The zero-order valence-electron chi connectivity index (χ0n) is 22.8. The number of ether oxygens (including phenoxy) is 2. The van der Waals surface area contributed by atoms with Gasteiger partial charge in [0.25, 0.3) is 11.7 Å². The lowest BCUT2D eigenvalue weighted by molar-refractivity contribution is -0.139. The first-order chi connectivity index (χ1) is 20.0. The van der Waals surface area contributed by atoms with Gasteiger partial charge in [-0.3, -0.25) is 9.59 Å². The Hall–Kier alpha value is -4.84. The molecule has 41 heavy (non-hydrogen) atoms. The second-order valence-corrected chi connectivity index (χ2v) is 10.5. The van der Waals surface area contributed by atoms with Gasteiger partial charge in [-0.05, 0) is 65.9 Å². The molecule has 4 aromatic rings. The molecule has 0 aromatic heterocycles. The van der Waals surface area contributed by atoms with Crippen molar-refractivity contribution in [2.45, 2.75) is 38.5 Å². The minimum Gasteiger partial charge on any atom is -0.507 e. The number of amides is 1. The lowest BCUT2D eigenvalue weighted by atomic mass is 9.94. The average molecular weight is 546 g/mol. The number of fused-ring (bicyclic) bond motifs is 1. The van der Waals surface area contributed by atoms with E-state index < -0.39 is 17.7 Å². The van der Waals surface area contributed by atoms with Crippen LogP contribution in [0.2, 0.25) is 0 Å². The molecule has 2 aliphatic rings. The van der Waals surface area contributed by atoms with Crippen LogP contribution in [0.3, 0.4) is 0 Å². The summed E-state index contributed by atoms with van der Waals surface area (Å²) in [5.41, 5.74) is 4.40. The predicted octanol–water partition coefficient (Wildman–Crippen LogP) is 6.25. The van der Waals surface area contributed by atoms with Gasteiger partial charge in [0.1, 0.15) is 30.0 Å². The van der Waals surface area contributed by atoms with Crippen LogP contribution in [0, 0.1) is 0 Å². The lowest BCUT2D eigenvalue weighted by Gasteiger charge is -2.25. The van der Waals surface area contributed by atoms with Crippen molar-refractivity contribution in [1.29, 1.82) is 0 Å². The first kappa shape index (κ1) is 26.4. The zero-order chi connectivity index (χ0) is 28.3. The van der Waals surface area contributed by atoms with Crippen LogP contribution in [0.25, 0.3) is 5.76 Å². The number of aliphatic hydroxyl groups is 1. The Bertz CT molecular complexity index is 1600. The molecule has 0 radical (unpaired) electrons. The van der Waals surface area contributed by atoms with Crippen molar-refractivity contribution in [3.05, 3.63) is 137 Å². The van der Waals surface area contributed by atoms with Gasteiger partial charge in [-0.25, -0.2) is 0 Å². The summed E-state index contributed by atoms with van der Waals surface area (Å²) < 4.78 is 11.8. The van der Waals surface area contributed by atoms with Gasteiger partial charge in [-0.2, -0.15) is 0 Å².